The van der Waals surface area contributed by atoms with Crippen molar-refractivity contribution in [2.45, 2.75) is 6.92 Å². The van der Waals surface area contributed by atoms with Crippen LogP contribution in [0.1, 0.15) is 11.1 Å². The third-order valence-corrected chi connectivity index (χ3v) is 6.09. The average Bonchev–Trinajstić information content (AvgIpc) is 3.06. The highest BCUT2D eigenvalue weighted by molar-refractivity contribution is 6.46. The third-order valence-electron chi connectivity index (χ3n) is 5.68. The van der Waals surface area contributed by atoms with Gasteiger partial charge in [0.15, 0.2) is 0 Å². The molecule has 0 bridgehead atoms. The molecular weight excluding hydrogens is 420 g/mol. The van der Waals surface area contributed by atoms with Crippen molar-refractivity contribution in [1.29, 1.82) is 0 Å². The minimum atomic E-state index is -0.410. The number of amides is 2. The van der Waals surface area contributed by atoms with Gasteiger partial charge in [-0.2, -0.15) is 0 Å². The smallest absolute Gasteiger partial charge is 0.282 e. The summed E-state index contributed by atoms with van der Waals surface area (Å²) in [4.78, 5) is 28.5. The van der Waals surface area contributed by atoms with E-state index in [-0.39, 0.29) is 11.6 Å². The molecule has 0 unspecified atom stereocenters. The molecule has 2 amide bonds. The normalized spacial score (nSPS) is 13.9. The zero-order chi connectivity index (χ0) is 22.2. The van der Waals surface area contributed by atoms with Gasteiger partial charge in [-0.3, -0.25) is 9.59 Å². The highest BCUT2D eigenvalue weighted by Crippen LogP contribution is 2.37. The van der Waals surface area contributed by atoms with Gasteiger partial charge >= 0.3 is 0 Å². The second-order valence-electron chi connectivity index (χ2n) is 7.60. The second-order valence-corrected chi connectivity index (χ2v) is 8.00. The highest BCUT2D eigenvalue weighted by atomic mass is 35.5. The zero-order valence-corrected chi connectivity index (χ0v) is 18.1. The predicted octanol–water partition coefficient (Wildman–Crippen LogP) is 6.20. The lowest BCUT2D eigenvalue weighted by molar-refractivity contribution is -0.120. The molecule has 0 saturated carbocycles. The van der Waals surface area contributed by atoms with Gasteiger partial charge in [-0.15, -0.1) is 0 Å². The summed E-state index contributed by atoms with van der Waals surface area (Å²) in [6.07, 6.45) is 0. The zero-order valence-electron chi connectivity index (χ0n) is 17.3. The molecule has 0 aliphatic carbocycles. The Balaban J connectivity index is 1.68. The molecule has 0 radical (unpaired) electrons. The summed E-state index contributed by atoms with van der Waals surface area (Å²) < 4.78 is 0. The number of carbonyl (C=O) groups excluding carboxylic acids is 2. The van der Waals surface area contributed by atoms with Crippen LogP contribution in [0.4, 0.5) is 11.4 Å². The number of carbonyl (C=O) groups is 2. The van der Waals surface area contributed by atoms with Crippen LogP contribution in [0.2, 0.25) is 5.02 Å². The maximum atomic E-state index is 13.6. The summed E-state index contributed by atoms with van der Waals surface area (Å²) in [5.41, 5.74) is 3.18. The Morgan fingerprint density at radius 3 is 2.25 bits per heavy atom. The fourth-order valence-corrected chi connectivity index (χ4v) is 4.21. The number of rotatable bonds is 4. The van der Waals surface area contributed by atoms with E-state index in [2.05, 4.69) is 5.32 Å². The summed E-state index contributed by atoms with van der Waals surface area (Å²) in [5, 5.41) is 5.79. The van der Waals surface area contributed by atoms with E-state index >= 15 is 0 Å². The molecule has 1 aliphatic rings. The maximum Gasteiger partial charge on any atom is 0.282 e. The van der Waals surface area contributed by atoms with Crippen LogP contribution in [-0.4, -0.2) is 11.8 Å². The lowest BCUT2D eigenvalue weighted by Crippen LogP contribution is -2.33. The van der Waals surface area contributed by atoms with Crippen LogP contribution in [0.15, 0.2) is 96.7 Å². The first-order chi connectivity index (χ1) is 15.6. The van der Waals surface area contributed by atoms with E-state index in [0.29, 0.717) is 27.4 Å². The van der Waals surface area contributed by atoms with Crippen molar-refractivity contribution in [3.8, 4) is 0 Å². The highest BCUT2D eigenvalue weighted by Gasteiger charge is 2.41. The van der Waals surface area contributed by atoms with Crippen molar-refractivity contribution < 1.29 is 9.59 Å². The number of hydrogen-bond donors (Lipinski definition) is 1. The van der Waals surface area contributed by atoms with Gasteiger partial charge in [0.05, 0.1) is 11.3 Å². The molecule has 5 rings (SSSR count). The number of nitrogens with one attached hydrogen (secondary N) is 1. The van der Waals surface area contributed by atoms with Gasteiger partial charge in [-0.1, -0.05) is 84.4 Å². The fourth-order valence-electron chi connectivity index (χ4n) is 4.04. The predicted molar refractivity (Wildman–Crippen MR) is 130 cm³/mol. The van der Waals surface area contributed by atoms with E-state index in [1.807, 2.05) is 72.8 Å². The fraction of sp³-hybridized carbons (Fsp3) is 0.0370. The van der Waals surface area contributed by atoms with Gasteiger partial charge in [-0.25, -0.2) is 4.90 Å². The molecule has 0 saturated heterocycles. The van der Waals surface area contributed by atoms with Crippen molar-refractivity contribution in [2.24, 2.45) is 0 Å². The molecule has 32 heavy (non-hydrogen) atoms. The van der Waals surface area contributed by atoms with Gasteiger partial charge in [-0.05, 0) is 41.6 Å². The van der Waals surface area contributed by atoms with E-state index in [0.717, 1.165) is 16.5 Å². The molecule has 0 spiro atoms. The van der Waals surface area contributed by atoms with E-state index in [4.69, 9.17) is 11.6 Å². The molecule has 4 aromatic rings. The molecule has 4 aromatic carbocycles. The molecule has 0 aromatic heterocycles. The summed E-state index contributed by atoms with van der Waals surface area (Å²) in [5.74, 6) is -0.790. The lowest BCUT2D eigenvalue weighted by atomic mass is 10.0. The van der Waals surface area contributed by atoms with Gasteiger partial charge in [0.1, 0.15) is 5.70 Å². The minimum absolute atomic E-state index is 0.247. The van der Waals surface area contributed by atoms with Crippen LogP contribution in [0, 0.1) is 6.92 Å². The van der Waals surface area contributed by atoms with Crippen molar-refractivity contribution >= 4 is 51.1 Å². The Morgan fingerprint density at radius 2 is 1.44 bits per heavy atom. The minimum Gasteiger partial charge on any atom is -0.350 e. The number of imide groups is 1. The molecule has 156 valence electrons. The second kappa shape index (κ2) is 7.98. The quantitative estimate of drug-likeness (QED) is 0.386. The number of anilines is 2. The Bertz CT molecular complexity index is 1400. The summed E-state index contributed by atoms with van der Waals surface area (Å²) >= 11 is 6.29. The number of benzene rings is 4. The first-order valence-electron chi connectivity index (χ1n) is 10.2. The Kier molecular flexibility index (Phi) is 5.00. The summed E-state index contributed by atoms with van der Waals surface area (Å²) in [6, 6.07) is 28.2. The van der Waals surface area contributed by atoms with Gasteiger partial charge < -0.3 is 5.32 Å². The first kappa shape index (κ1) is 20.0. The van der Waals surface area contributed by atoms with E-state index in [1.54, 1.807) is 25.1 Å². The Labute approximate surface area is 190 Å². The van der Waals surface area contributed by atoms with Gasteiger partial charge in [0.2, 0.25) is 0 Å². The molecule has 0 atom stereocenters. The van der Waals surface area contributed by atoms with Crippen molar-refractivity contribution in [1.82, 2.24) is 0 Å². The van der Waals surface area contributed by atoms with Gasteiger partial charge in [0, 0.05) is 16.1 Å². The molecule has 1 N–H and O–H groups in total. The SMILES string of the molecule is Cc1c(Cl)cccc1N1C(=O)C(Nc2cccc3ccccc23)=C(c2ccccc2)C1=O. The molecule has 0 fully saturated rings. The van der Waals surface area contributed by atoms with E-state index in [9.17, 15) is 9.59 Å². The van der Waals surface area contributed by atoms with Crippen LogP contribution >= 0.6 is 11.6 Å². The topological polar surface area (TPSA) is 49.4 Å². The standard InChI is InChI=1S/C27H19ClN2O2/c1-17-21(28)14-8-16-23(17)30-26(31)24(19-10-3-2-4-11-19)25(27(30)32)29-22-15-7-12-18-9-5-6-13-20(18)22/h2-16,29H,1H3. The van der Waals surface area contributed by atoms with Crippen molar-refractivity contribution in [2.75, 3.05) is 10.2 Å². The largest absolute Gasteiger partial charge is 0.350 e. The molecular formula is C27H19ClN2O2. The van der Waals surface area contributed by atoms with Crippen LogP contribution < -0.4 is 10.2 Å². The number of fused-ring (bicyclic) bond motifs is 1. The Hall–Kier alpha value is -3.89. The first-order valence-corrected chi connectivity index (χ1v) is 10.6. The van der Waals surface area contributed by atoms with Crippen LogP contribution in [0.25, 0.3) is 16.3 Å². The van der Waals surface area contributed by atoms with E-state index in [1.165, 1.54) is 4.90 Å². The van der Waals surface area contributed by atoms with Gasteiger partial charge in [0.25, 0.3) is 11.8 Å². The molecule has 1 heterocycles. The van der Waals surface area contributed by atoms with Crippen molar-refractivity contribution in [3.05, 3.63) is 113 Å². The van der Waals surface area contributed by atoms with Crippen LogP contribution in [0.3, 0.4) is 0 Å². The summed E-state index contributed by atoms with van der Waals surface area (Å²) in [6.45, 7) is 1.80. The summed E-state index contributed by atoms with van der Waals surface area (Å²) in [7, 11) is 0. The number of halogens is 1. The van der Waals surface area contributed by atoms with Crippen LogP contribution in [0.5, 0.6) is 0 Å². The van der Waals surface area contributed by atoms with Crippen LogP contribution in [-0.2, 0) is 9.59 Å². The monoisotopic (exact) mass is 438 g/mol. The maximum absolute atomic E-state index is 13.6. The van der Waals surface area contributed by atoms with Crippen molar-refractivity contribution in [3.63, 3.8) is 0 Å². The van der Waals surface area contributed by atoms with E-state index < -0.39 is 5.91 Å². The molecule has 5 heteroatoms. The lowest BCUT2D eigenvalue weighted by Gasteiger charge is -2.18. The molecule has 4 nitrogen and oxygen atoms in total. The average molecular weight is 439 g/mol. The number of hydrogen-bond acceptors (Lipinski definition) is 3. The molecule has 1 aliphatic heterocycles. The number of nitrogens with zero attached hydrogens (tertiary/aromatic N) is 1. The Morgan fingerprint density at radius 1 is 0.750 bits per heavy atom. The third kappa shape index (κ3) is 3.26.